The van der Waals surface area contributed by atoms with E-state index < -0.39 is 23.7 Å². The highest BCUT2D eigenvalue weighted by Gasteiger charge is 2.64. The molecule has 1 saturated carbocycles. The van der Waals surface area contributed by atoms with Crippen molar-refractivity contribution < 1.29 is 18.0 Å². The van der Waals surface area contributed by atoms with Gasteiger partial charge < -0.3 is 11.1 Å². The first kappa shape index (κ1) is 12.3. The van der Waals surface area contributed by atoms with Crippen molar-refractivity contribution in [3.05, 3.63) is 0 Å². The quantitative estimate of drug-likeness (QED) is 0.756. The summed E-state index contributed by atoms with van der Waals surface area (Å²) >= 11 is 0. The molecule has 0 aliphatic heterocycles. The molecule has 0 heterocycles. The van der Waals surface area contributed by atoms with Crippen molar-refractivity contribution >= 4 is 5.91 Å². The maximum atomic E-state index is 12.4. The van der Waals surface area contributed by atoms with Gasteiger partial charge in [-0.2, -0.15) is 13.2 Å². The summed E-state index contributed by atoms with van der Waals surface area (Å²) in [6.45, 7) is 1.82. The fourth-order valence-corrected chi connectivity index (χ4v) is 1.37. The number of halogens is 3. The predicted molar refractivity (Wildman–Crippen MR) is 49.0 cm³/mol. The summed E-state index contributed by atoms with van der Waals surface area (Å²) in [5.74, 6) is -0.702. The van der Waals surface area contributed by atoms with E-state index in [1.165, 1.54) is 0 Å². The summed E-state index contributed by atoms with van der Waals surface area (Å²) in [6.07, 6.45) is -3.37. The Labute approximate surface area is 86.2 Å². The van der Waals surface area contributed by atoms with Crippen LogP contribution < -0.4 is 11.1 Å². The van der Waals surface area contributed by atoms with Crippen LogP contribution >= 0.6 is 0 Å². The number of carbonyl (C=O) groups excluding carboxylic acids is 1. The first-order valence-corrected chi connectivity index (χ1v) is 4.97. The lowest BCUT2D eigenvalue weighted by molar-refractivity contribution is -0.170. The van der Waals surface area contributed by atoms with Crippen LogP contribution in [0.1, 0.15) is 32.6 Å². The van der Waals surface area contributed by atoms with Crippen LogP contribution in [0.5, 0.6) is 0 Å². The summed E-state index contributed by atoms with van der Waals surface area (Å²) in [5, 5.41) is 2.00. The van der Waals surface area contributed by atoms with Crippen LogP contribution in [0.25, 0.3) is 0 Å². The molecule has 1 aliphatic rings. The molecule has 1 amide bonds. The molecule has 0 bridgehead atoms. The maximum absolute atomic E-state index is 12.4. The molecule has 3 nitrogen and oxygen atoms in total. The van der Waals surface area contributed by atoms with Gasteiger partial charge in [-0.3, -0.25) is 4.79 Å². The molecule has 6 heteroatoms. The molecule has 1 rings (SSSR count). The Bertz CT molecular complexity index is 248. The number of carbonyl (C=O) groups is 1. The van der Waals surface area contributed by atoms with Crippen LogP contribution in [0.4, 0.5) is 13.2 Å². The SMILES string of the molecule is CCCC(N)C(=O)NC1(C(F)(F)F)CC1. The van der Waals surface area contributed by atoms with Gasteiger partial charge in [0.25, 0.3) is 0 Å². The number of amides is 1. The molecule has 0 aromatic carbocycles. The fraction of sp³-hybridized carbons (Fsp3) is 0.889. The molecular weight excluding hydrogens is 209 g/mol. The van der Waals surface area contributed by atoms with Gasteiger partial charge in [0.2, 0.25) is 5.91 Å². The van der Waals surface area contributed by atoms with Crippen molar-refractivity contribution in [1.82, 2.24) is 5.32 Å². The Morgan fingerprint density at radius 1 is 1.53 bits per heavy atom. The molecule has 3 N–H and O–H groups in total. The Balaban J connectivity index is 2.52. The van der Waals surface area contributed by atoms with Gasteiger partial charge in [-0.1, -0.05) is 13.3 Å². The van der Waals surface area contributed by atoms with E-state index in [0.29, 0.717) is 12.8 Å². The molecule has 0 saturated heterocycles. The Morgan fingerprint density at radius 2 is 2.07 bits per heavy atom. The van der Waals surface area contributed by atoms with Crippen LogP contribution in [-0.2, 0) is 4.79 Å². The number of hydrogen-bond acceptors (Lipinski definition) is 2. The number of nitrogens with one attached hydrogen (secondary N) is 1. The highest BCUT2D eigenvalue weighted by atomic mass is 19.4. The van der Waals surface area contributed by atoms with Crippen LogP contribution in [-0.4, -0.2) is 23.7 Å². The van der Waals surface area contributed by atoms with Crippen molar-refractivity contribution in [1.29, 1.82) is 0 Å². The smallest absolute Gasteiger partial charge is 0.341 e. The average Bonchev–Trinajstić information content (AvgIpc) is 2.84. The number of rotatable bonds is 4. The third-order valence-electron chi connectivity index (χ3n) is 2.59. The van der Waals surface area contributed by atoms with E-state index in [1.807, 2.05) is 12.2 Å². The highest BCUT2D eigenvalue weighted by Crippen LogP contribution is 2.48. The molecule has 1 aliphatic carbocycles. The summed E-state index contributed by atoms with van der Waals surface area (Å²) < 4.78 is 37.3. The average molecular weight is 224 g/mol. The third-order valence-corrected chi connectivity index (χ3v) is 2.59. The second-order valence-electron chi connectivity index (χ2n) is 3.96. The summed E-state index contributed by atoms with van der Waals surface area (Å²) in [4.78, 5) is 11.3. The van der Waals surface area contributed by atoms with Gasteiger partial charge in [0.15, 0.2) is 0 Å². The topological polar surface area (TPSA) is 55.1 Å². The fourth-order valence-electron chi connectivity index (χ4n) is 1.37. The van der Waals surface area contributed by atoms with E-state index in [-0.39, 0.29) is 12.8 Å². The Hall–Kier alpha value is -0.780. The first-order valence-electron chi connectivity index (χ1n) is 4.97. The zero-order valence-corrected chi connectivity index (χ0v) is 8.53. The predicted octanol–water partition coefficient (Wildman–Crippen LogP) is 1.32. The lowest BCUT2D eigenvalue weighted by Crippen LogP contribution is -2.53. The summed E-state index contributed by atoms with van der Waals surface area (Å²) in [6, 6.07) is -0.838. The number of nitrogens with two attached hydrogens (primary N) is 1. The van der Waals surface area contributed by atoms with Crippen LogP contribution in [0, 0.1) is 0 Å². The molecule has 0 aromatic rings. The minimum absolute atomic E-state index is 0.0406. The van der Waals surface area contributed by atoms with Gasteiger partial charge in [0.1, 0.15) is 5.54 Å². The molecule has 1 fully saturated rings. The first-order chi connectivity index (χ1) is 6.82. The molecule has 1 unspecified atom stereocenters. The van der Waals surface area contributed by atoms with Crippen molar-refractivity contribution in [2.75, 3.05) is 0 Å². The molecule has 0 radical (unpaired) electrons. The zero-order chi connectivity index (χ0) is 11.7. The molecule has 0 aromatic heterocycles. The second kappa shape index (κ2) is 4.00. The Kier molecular flexibility index (Phi) is 3.28. The van der Waals surface area contributed by atoms with E-state index >= 15 is 0 Å². The molecule has 15 heavy (non-hydrogen) atoms. The summed E-state index contributed by atoms with van der Waals surface area (Å²) in [7, 11) is 0. The van der Waals surface area contributed by atoms with Crippen molar-refractivity contribution in [3.8, 4) is 0 Å². The third kappa shape index (κ3) is 2.62. The van der Waals surface area contributed by atoms with Gasteiger partial charge >= 0.3 is 6.18 Å². The summed E-state index contributed by atoms with van der Waals surface area (Å²) in [5.41, 5.74) is 3.44. The number of alkyl halides is 3. The van der Waals surface area contributed by atoms with E-state index in [1.54, 1.807) is 0 Å². The normalized spacial score (nSPS) is 20.9. The van der Waals surface area contributed by atoms with Gasteiger partial charge in [-0.15, -0.1) is 0 Å². The van der Waals surface area contributed by atoms with Crippen LogP contribution in [0.15, 0.2) is 0 Å². The molecule has 0 spiro atoms. The van der Waals surface area contributed by atoms with Crippen molar-refractivity contribution in [2.24, 2.45) is 5.73 Å². The van der Waals surface area contributed by atoms with Gasteiger partial charge in [-0.25, -0.2) is 0 Å². The second-order valence-corrected chi connectivity index (χ2v) is 3.96. The van der Waals surface area contributed by atoms with Gasteiger partial charge in [-0.05, 0) is 19.3 Å². The van der Waals surface area contributed by atoms with E-state index in [9.17, 15) is 18.0 Å². The van der Waals surface area contributed by atoms with Crippen LogP contribution in [0.2, 0.25) is 0 Å². The van der Waals surface area contributed by atoms with Crippen LogP contribution in [0.3, 0.4) is 0 Å². The highest BCUT2D eigenvalue weighted by molar-refractivity contribution is 5.82. The van der Waals surface area contributed by atoms with Crippen molar-refractivity contribution in [3.63, 3.8) is 0 Å². The molecule has 1 atom stereocenters. The van der Waals surface area contributed by atoms with E-state index in [4.69, 9.17) is 5.73 Å². The Morgan fingerprint density at radius 3 is 2.40 bits per heavy atom. The minimum Gasteiger partial charge on any atom is -0.341 e. The monoisotopic (exact) mass is 224 g/mol. The zero-order valence-electron chi connectivity index (χ0n) is 8.53. The van der Waals surface area contributed by atoms with Gasteiger partial charge in [0.05, 0.1) is 6.04 Å². The molecular formula is C9H15F3N2O. The van der Waals surface area contributed by atoms with Crippen molar-refractivity contribution in [2.45, 2.75) is 50.4 Å². The van der Waals surface area contributed by atoms with E-state index in [2.05, 4.69) is 0 Å². The largest absolute Gasteiger partial charge is 0.411 e. The lowest BCUT2D eigenvalue weighted by atomic mass is 10.1. The molecule has 88 valence electrons. The van der Waals surface area contributed by atoms with Gasteiger partial charge in [0, 0.05) is 0 Å². The maximum Gasteiger partial charge on any atom is 0.411 e. The number of hydrogen-bond donors (Lipinski definition) is 2. The lowest BCUT2D eigenvalue weighted by Gasteiger charge is -2.22. The standard InChI is InChI=1S/C9H15F3N2O/c1-2-3-6(13)7(15)14-8(4-5-8)9(10,11)12/h6H,2-5,13H2,1H3,(H,14,15). The minimum atomic E-state index is -4.37. The van der Waals surface area contributed by atoms with E-state index in [0.717, 1.165) is 0 Å².